The summed E-state index contributed by atoms with van der Waals surface area (Å²) in [4.78, 5) is 4.28. The van der Waals surface area contributed by atoms with Gasteiger partial charge in [0.05, 0.1) is 6.54 Å². The van der Waals surface area contributed by atoms with Crippen LogP contribution in [0.4, 0.5) is 0 Å². The molecule has 3 aromatic rings. The van der Waals surface area contributed by atoms with Crippen LogP contribution in [0.1, 0.15) is 37.7 Å². The van der Waals surface area contributed by atoms with Gasteiger partial charge in [-0.25, -0.2) is 0 Å². The molecule has 0 saturated heterocycles. The van der Waals surface area contributed by atoms with Crippen molar-refractivity contribution < 1.29 is 0 Å². The van der Waals surface area contributed by atoms with Gasteiger partial charge in [-0.2, -0.15) is 0 Å². The van der Waals surface area contributed by atoms with Crippen LogP contribution in [0.5, 0.6) is 0 Å². The standard InChI is InChI=1S/C21H28N6.HI/c1-21(2,3)17-10-8-16(9-11-17)12-13-23-20(22-4)24-15-19-26-25-18-7-5-6-14-27(18)19;/h5-11,14H,12-13,15H2,1-4H3,(H2,22,23,24);1H. The van der Waals surface area contributed by atoms with Crippen LogP contribution in [-0.2, 0) is 18.4 Å². The zero-order valence-corrected chi connectivity index (χ0v) is 19.3. The van der Waals surface area contributed by atoms with Crippen LogP contribution in [0.2, 0.25) is 0 Å². The molecule has 150 valence electrons. The minimum atomic E-state index is 0. The summed E-state index contributed by atoms with van der Waals surface area (Å²) in [6, 6.07) is 14.7. The molecule has 2 heterocycles. The van der Waals surface area contributed by atoms with Crippen molar-refractivity contribution in [1.29, 1.82) is 0 Å². The first kappa shape index (κ1) is 22.1. The van der Waals surface area contributed by atoms with E-state index in [-0.39, 0.29) is 29.4 Å². The van der Waals surface area contributed by atoms with Gasteiger partial charge in [0, 0.05) is 19.8 Å². The first-order valence-corrected chi connectivity index (χ1v) is 9.30. The lowest BCUT2D eigenvalue weighted by Crippen LogP contribution is -2.38. The smallest absolute Gasteiger partial charge is 0.191 e. The number of aromatic nitrogens is 3. The van der Waals surface area contributed by atoms with E-state index in [4.69, 9.17) is 0 Å². The van der Waals surface area contributed by atoms with Crippen molar-refractivity contribution in [1.82, 2.24) is 25.2 Å². The lowest BCUT2D eigenvalue weighted by atomic mass is 9.86. The third-order valence-corrected chi connectivity index (χ3v) is 4.55. The first-order valence-electron chi connectivity index (χ1n) is 9.30. The number of nitrogens with one attached hydrogen (secondary N) is 2. The van der Waals surface area contributed by atoms with E-state index in [1.165, 1.54) is 11.1 Å². The lowest BCUT2D eigenvalue weighted by Gasteiger charge is -2.19. The topological polar surface area (TPSA) is 66.6 Å². The molecule has 0 radical (unpaired) electrons. The van der Waals surface area contributed by atoms with Crippen LogP contribution in [0.3, 0.4) is 0 Å². The Morgan fingerprint density at radius 2 is 1.79 bits per heavy atom. The van der Waals surface area contributed by atoms with Gasteiger partial charge in [0.25, 0.3) is 0 Å². The molecule has 0 saturated carbocycles. The summed E-state index contributed by atoms with van der Waals surface area (Å²) < 4.78 is 1.97. The zero-order chi connectivity index (χ0) is 19.3. The molecule has 0 aliphatic rings. The van der Waals surface area contributed by atoms with Gasteiger partial charge in [0.1, 0.15) is 0 Å². The molecule has 1 aromatic carbocycles. The number of fused-ring (bicyclic) bond motifs is 1. The van der Waals surface area contributed by atoms with Gasteiger partial charge in [-0.1, -0.05) is 51.1 Å². The Balaban J connectivity index is 0.00000280. The van der Waals surface area contributed by atoms with Crippen molar-refractivity contribution in [2.75, 3.05) is 13.6 Å². The molecular weight excluding hydrogens is 463 g/mol. The predicted molar refractivity (Wildman–Crippen MR) is 125 cm³/mol. The lowest BCUT2D eigenvalue weighted by molar-refractivity contribution is 0.590. The molecule has 2 aromatic heterocycles. The highest BCUT2D eigenvalue weighted by atomic mass is 127. The second-order valence-electron chi connectivity index (χ2n) is 7.59. The summed E-state index contributed by atoms with van der Waals surface area (Å²) in [5.74, 6) is 1.61. The molecule has 0 unspecified atom stereocenters. The molecule has 0 amide bonds. The molecule has 2 N–H and O–H groups in total. The van der Waals surface area contributed by atoms with E-state index in [1.807, 2.05) is 28.8 Å². The summed E-state index contributed by atoms with van der Waals surface area (Å²) in [6.07, 6.45) is 2.91. The Morgan fingerprint density at radius 1 is 1.04 bits per heavy atom. The molecule has 7 heteroatoms. The summed E-state index contributed by atoms with van der Waals surface area (Å²) in [5, 5.41) is 15.0. The van der Waals surface area contributed by atoms with E-state index >= 15 is 0 Å². The zero-order valence-electron chi connectivity index (χ0n) is 16.9. The SMILES string of the molecule is CN=C(NCCc1ccc(C(C)(C)C)cc1)NCc1nnc2ccccn12.I. The fourth-order valence-corrected chi connectivity index (χ4v) is 2.89. The minimum absolute atomic E-state index is 0. The molecule has 0 spiro atoms. The van der Waals surface area contributed by atoms with Crippen LogP contribution in [0, 0.1) is 0 Å². The molecule has 0 fully saturated rings. The van der Waals surface area contributed by atoms with Crippen molar-refractivity contribution in [3.8, 4) is 0 Å². The van der Waals surface area contributed by atoms with E-state index in [0.29, 0.717) is 6.54 Å². The average molecular weight is 492 g/mol. The van der Waals surface area contributed by atoms with E-state index in [2.05, 4.69) is 70.9 Å². The van der Waals surface area contributed by atoms with E-state index in [9.17, 15) is 0 Å². The maximum absolute atomic E-state index is 4.28. The van der Waals surface area contributed by atoms with Gasteiger partial charge in [-0.3, -0.25) is 9.39 Å². The van der Waals surface area contributed by atoms with E-state index in [1.54, 1.807) is 7.05 Å². The van der Waals surface area contributed by atoms with Gasteiger partial charge < -0.3 is 10.6 Å². The third kappa shape index (κ3) is 5.67. The Morgan fingerprint density at radius 3 is 2.46 bits per heavy atom. The van der Waals surface area contributed by atoms with Gasteiger partial charge >= 0.3 is 0 Å². The maximum atomic E-state index is 4.28. The van der Waals surface area contributed by atoms with Crippen LogP contribution in [-0.4, -0.2) is 34.2 Å². The maximum Gasteiger partial charge on any atom is 0.191 e. The third-order valence-electron chi connectivity index (χ3n) is 4.55. The first-order chi connectivity index (χ1) is 13.0. The number of hydrogen-bond donors (Lipinski definition) is 2. The monoisotopic (exact) mass is 492 g/mol. The summed E-state index contributed by atoms with van der Waals surface area (Å²) in [5.41, 5.74) is 3.71. The van der Waals surface area contributed by atoms with Gasteiger partial charge in [0.2, 0.25) is 0 Å². The van der Waals surface area contributed by atoms with Crippen molar-refractivity contribution in [3.63, 3.8) is 0 Å². The molecule has 0 atom stereocenters. The van der Waals surface area contributed by atoms with Gasteiger partial charge in [0.15, 0.2) is 17.4 Å². The van der Waals surface area contributed by atoms with Crippen LogP contribution < -0.4 is 10.6 Å². The Hall–Kier alpha value is -2.16. The normalized spacial score (nSPS) is 11.9. The molecule has 0 bridgehead atoms. The summed E-state index contributed by atoms with van der Waals surface area (Å²) in [6.45, 7) is 8.08. The van der Waals surface area contributed by atoms with Gasteiger partial charge in [-0.05, 0) is 35.1 Å². The van der Waals surface area contributed by atoms with Gasteiger partial charge in [-0.15, -0.1) is 34.2 Å². The number of halogens is 1. The van der Waals surface area contributed by atoms with Crippen LogP contribution >= 0.6 is 24.0 Å². The summed E-state index contributed by atoms with van der Waals surface area (Å²) in [7, 11) is 1.77. The predicted octanol–water partition coefficient (Wildman–Crippen LogP) is 3.55. The van der Waals surface area contributed by atoms with E-state index in [0.717, 1.165) is 30.4 Å². The highest BCUT2D eigenvalue weighted by Crippen LogP contribution is 2.22. The number of nitrogens with zero attached hydrogens (tertiary/aromatic N) is 4. The number of rotatable bonds is 5. The Kier molecular flexibility index (Phi) is 7.79. The number of pyridine rings is 1. The molecular formula is C21H29IN6. The minimum Gasteiger partial charge on any atom is -0.356 e. The number of guanidine groups is 1. The molecule has 6 nitrogen and oxygen atoms in total. The summed E-state index contributed by atoms with van der Waals surface area (Å²) >= 11 is 0. The molecule has 3 rings (SSSR count). The Labute approximate surface area is 183 Å². The number of hydrogen-bond acceptors (Lipinski definition) is 3. The average Bonchev–Trinajstić information content (AvgIpc) is 3.07. The fraction of sp³-hybridized carbons (Fsp3) is 0.381. The quantitative estimate of drug-likeness (QED) is 0.325. The number of benzene rings is 1. The largest absolute Gasteiger partial charge is 0.356 e. The van der Waals surface area contributed by atoms with Crippen molar-refractivity contribution in [2.45, 2.75) is 39.2 Å². The molecule has 0 aliphatic carbocycles. The van der Waals surface area contributed by atoms with Crippen molar-refractivity contribution in [2.24, 2.45) is 4.99 Å². The second kappa shape index (κ2) is 9.86. The van der Waals surface area contributed by atoms with Crippen LogP contribution in [0.25, 0.3) is 5.65 Å². The van der Waals surface area contributed by atoms with Crippen molar-refractivity contribution >= 4 is 35.6 Å². The number of aliphatic imine (C=N–C) groups is 1. The highest BCUT2D eigenvalue weighted by Gasteiger charge is 2.12. The van der Waals surface area contributed by atoms with Crippen molar-refractivity contribution in [3.05, 3.63) is 65.6 Å². The molecule has 28 heavy (non-hydrogen) atoms. The fourth-order valence-electron chi connectivity index (χ4n) is 2.89. The van der Waals surface area contributed by atoms with Crippen LogP contribution in [0.15, 0.2) is 53.7 Å². The second-order valence-corrected chi connectivity index (χ2v) is 7.59. The van der Waals surface area contributed by atoms with E-state index < -0.39 is 0 Å². The molecule has 0 aliphatic heterocycles. The highest BCUT2D eigenvalue weighted by molar-refractivity contribution is 14.0. The Bertz CT molecular complexity index is 909.